The van der Waals surface area contributed by atoms with E-state index in [9.17, 15) is 22.8 Å². The molecule has 1 aromatic heterocycles. The number of aromatic nitrogens is 1. The molecule has 0 aliphatic carbocycles. The monoisotopic (exact) mass is 538 g/mol. The zero-order chi connectivity index (χ0) is 26.6. The Morgan fingerprint density at radius 2 is 1.83 bits per heavy atom. The molecular weight excluding hydrogens is 508 g/mol. The van der Waals surface area contributed by atoms with Gasteiger partial charge in [0.15, 0.2) is 11.0 Å². The summed E-state index contributed by atoms with van der Waals surface area (Å²) in [4.78, 5) is 45.5. The largest absolute Gasteiger partial charge is 0.370 e. The fraction of sp³-hybridized carbons (Fsp3) is 0.381. The number of thiazole rings is 1. The molecule has 36 heavy (non-hydrogen) atoms. The predicted octanol–water partition coefficient (Wildman–Crippen LogP) is -1.57. The van der Waals surface area contributed by atoms with Gasteiger partial charge in [-0.2, -0.15) is 0 Å². The molecule has 0 unspecified atom stereocenters. The minimum absolute atomic E-state index is 0.0848. The van der Waals surface area contributed by atoms with Crippen LogP contribution >= 0.6 is 11.3 Å². The Bertz CT molecular complexity index is 1140. The van der Waals surface area contributed by atoms with E-state index < -0.39 is 40.5 Å². The van der Waals surface area contributed by atoms with Crippen LogP contribution in [0.3, 0.4) is 0 Å². The van der Waals surface area contributed by atoms with Gasteiger partial charge in [0.1, 0.15) is 6.04 Å². The van der Waals surface area contributed by atoms with Crippen molar-refractivity contribution in [1.82, 2.24) is 20.3 Å². The van der Waals surface area contributed by atoms with Crippen molar-refractivity contribution in [2.24, 2.45) is 22.2 Å². The normalized spacial score (nSPS) is 12.8. The molecule has 0 bridgehead atoms. The first-order valence-corrected chi connectivity index (χ1v) is 13.4. The van der Waals surface area contributed by atoms with Gasteiger partial charge in [-0.3, -0.25) is 19.4 Å². The van der Waals surface area contributed by atoms with Crippen molar-refractivity contribution in [2.45, 2.75) is 30.7 Å². The Morgan fingerprint density at radius 1 is 1.11 bits per heavy atom. The van der Waals surface area contributed by atoms with E-state index in [1.54, 1.807) is 35.7 Å². The van der Waals surface area contributed by atoms with Crippen LogP contribution < -0.4 is 32.6 Å². The number of rotatable bonds is 15. The summed E-state index contributed by atoms with van der Waals surface area (Å²) in [5.74, 6) is -2.23. The van der Waals surface area contributed by atoms with E-state index in [-0.39, 0.29) is 42.0 Å². The topological polar surface area (TPSA) is 225 Å². The molecule has 1 heterocycles. The molecule has 2 amide bonds. The molecule has 0 aliphatic rings. The number of guanidine groups is 1. The van der Waals surface area contributed by atoms with Gasteiger partial charge in [0.05, 0.1) is 18.3 Å². The SMILES string of the molecule is NC[C@@H](NS(=O)(=O)Cc1ccccc1)C(=O)NCC(=O)N[C@@H](CCCN=C(N)N)C(=O)c1nccs1. The van der Waals surface area contributed by atoms with Crippen LogP contribution in [-0.4, -0.2) is 68.7 Å². The summed E-state index contributed by atoms with van der Waals surface area (Å²) in [7, 11) is -3.87. The summed E-state index contributed by atoms with van der Waals surface area (Å²) < 4.78 is 27.1. The van der Waals surface area contributed by atoms with Crippen LogP contribution in [-0.2, 0) is 25.4 Å². The van der Waals surface area contributed by atoms with Gasteiger partial charge in [-0.15, -0.1) is 11.3 Å². The van der Waals surface area contributed by atoms with Crippen molar-refractivity contribution in [3.05, 3.63) is 52.5 Å². The number of aliphatic imine (C=N–C) groups is 1. The quantitative estimate of drug-likeness (QED) is 0.0665. The number of nitrogens with zero attached hydrogens (tertiary/aromatic N) is 2. The van der Waals surface area contributed by atoms with E-state index in [1.165, 1.54) is 6.20 Å². The van der Waals surface area contributed by atoms with Gasteiger partial charge in [-0.25, -0.2) is 18.1 Å². The van der Waals surface area contributed by atoms with Crippen LogP contribution in [0, 0.1) is 0 Å². The van der Waals surface area contributed by atoms with Crippen LogP contribution in [0.15, 0.2) is 46.9 Å². The molecule has 0 saturated heterocycles. The van der Waals surface area contributed by atoms with Crippen LogP contribution in [0.4, 0.5) is 0 Å². The molecule has 196 valence electrons. The number of hydrogen-bond acceptors (Lipinski definition) is 9. The fourth-order valence-corrected chi connectivity index (χ4v) is 5.05. The third-order valence-electron chi connectivity index (χ3n) is 4.74. The second kappa shape index (κ2) is 14.2. The number of carbonyl (C=O) groups is 3. The fourth-order valence-electron chi connectivity index (χ4n) is 3.06. The number of nitrogens with one attached hydrogen (secondary N) is 3. The number of nitrogens with two attached hydrogens (primary N) is 3. The third kappa shape index (κ3) is 10.1. The Labute approximate surface area is 213 Å². The zero-order valence-electron chi connectivity index (χ0n) is 19.4. The Kier molecular flexibility index (Phi) is 11.4. The van der Waals surface area contributed by atoms with E-state index in [1.807, 2.05) is 0 Å². The minimum Gasteiger partial charge on any atom is -0.370 e. The lowest BCUT2D eigenvalue weighted by Gasteiger charge is -2.19. The molecule has 2 atom stereocenters. The first kappa shape index (κ1) is 28.8. The molecule has 0 spiro atoms. The van der Waals surface area contributed by atoms with Crippen molar-refractivity contribution >= 4 is 44.9 Å². The summed E-state index contributed by atoms with van der Waals surface area (Å²) >= 11 is 1.13. The number of Topliss-reactive ketones (excluding diaryl/α,β-unsaturated/α-hetero) is 1. The number of benzene rings is 1. The Hall–Kier alpha value is -3.40. The summed E-state index contributed by atoms with van der Waals surface area (Å²) in [5.41, 5.74) is 16.7. The standard InChI is InChI=1S/C21H30N8O5S2/c22-11-16(29-36(33,34)13-14-5-2-1-3-6-14)19(32)27-12-17(30)28-15(7-4-8-26-21(23)24)18(31)20-25-9-10-35-20/h1-3,5-6,9-10,15-16,29H,4,7-8,11-13,22H2,(H,27,32)(H,28,30)(H4,23,24,26)/t15-,16+/m0/s1. The van der Waals surface area contributed by atoms with Crippen LogP contribution in [0.25, 0.3) is 0 Å². The molecule has 0 aliphatic heterocycles. The molecule has 15 heteroatoms. The van der Waals surface area contributed by atoms with Crippen molar-refractivity contribution in [3.8, 4) is 0 Å². The van der Waals surface area contributed by atoms with E-state index in [0.29, 0.717) is 12.0 Å². The van der Waals surface area contributed by atoms with Crippen molar-refractivity contribution in [2.75, 3.05) is 19.6 Å². The predicted molar refractivity (Wildman–Crippen MR) is 136 cm³/mol. The number of carbonyl (C=O) groups excluding carboxylic acids is 3. The Morgan fingerprint density at radius 3 is 2.44 bits per heavy atom. The van der Waals surface area contributed by atoms with Crippen LogP contribution in [0.2, 0.25) is 0 Å². The first-order chi connectivity index (χ1) is 17.1. The number of ketones is 1. The molecule has 0 fully saturated rings. The minimum atomic E-state index is -3.87. The summed E-state index contributed by atoms with van der Waals surface area (Å²) in [5, 5.41) is 6.77. The summed E-state index contributed by atoms with van der Waals surface area (Å²) in [6, 6.07) is 6.24. The zero-order valence-corrected chi connectivity index (χ0v) is 21.1. The van der Waals surface area contributed by atoms with E-state index >= 15 is 0 Å². The lowest BCUT2D eigenvalue weighted by Crippen LogP contribution is -2.53. The van der Waals surface area contributed by atoms with Gasteiger partial charge in [-0.05, 0) is 18.4 Å². The molecule has 13 nitrogen and oxygen atoms in total. The van der Waals surface area contributed by atoms with Crippen LogP contribution in [0.1, 0.15) is 28.2 Å². The van der Waals surface area contributed by atoms with E-state index in [2.05, 4.69) is 25.3 Å². The van der Waals surface area contributed by atoms with Gasteiger partial charge >= 0.3 is 0 Å². The molecule has 0 saturated carbocycles. The Balaban J connectivity index is 1.92. The van der Waals surface area contributed by atoms with Gasteiger partial charge in [-0.1, -0.05) is 30.3 Å². The van der Waals surface area contributed by atoms with Crippen molar-refractivity contribution < 1.29 is 22.8 Å². The highest BCUT2D eigenvalue weighted by Crippen LogP contribution is 2.11. The van der Waals surface area contributed by atoms with Crippen molar-refractivity contribution in [3.63, 3.8) is 0 Å². The van der Waals surface area contributed by atoms with Gasteiger partial charge in [0, 0.05) is 24.7 Å². The van der Waals surface area contributed by atoms with Crippen molar-refractivity contribution in [1.29, 1.82) is 0 Å². The maximum absolute atomic E-state index is 12.7. The molecule has 9 N–H and O–H groups in total. The highest BCUT2D eigenvalue weighted by Gasteiger charge is 2.26. The lowest BCUT2D eigenvalue weighted by molar-refractivity contribution is -0.127. The maximum atomic E-state index is 12.7. The molecule has 1 aromatic carbocycles. The number of hydrogen-bond donors (Lipinski definition) is 6. The molecular formula is C21H30N8O5S2. The number of sulfonamides is 1. The third-order valence-corrected chi connectivity index (χ3v) is 6.88. The van der Waals surface area contributed by atoms with E-state index in [0.717, 1.165) is 11.3 Å². The summed E-state index contributed by atoms with van der Waals surface area (Å²) in [6.45, 7) is -0.555. The lowest BCUT2D eigenvalue weighted by atomic mass is 10.1. The number of amides is 2. The van der Waals surface area contributed by atoms with Gasteiger partial charge in [0.2, 0.25) is 27.6 Å². The average molecular weight is 539 g/mol. The van der Waals surface area contributed by atoms with E-state index in [4.69, 9.17) is 17.2 Å². The molecule has 2 aromatic rings. The highest BCUT2D eigenvalue weighted by molar-refractivity contribution is 7.88. The molecule has 0 radical (unpaired) electrons. The average Bonchev–Trinajstić information content (AvgIpc) is 3.37. The second-order valence-corrected chi connectivity index (χ2v) is 10.3. The highest BCUT2D eigenvalue weighted by atomic mass is 32.2. The van der Waals surface area contributed by atoms with Gasteiger partial charge < -0.3 is 27.8 Å². The maximum Gasteiger partial charge on any atom is 0.239 e. The second-order valence-electron chi connectivity index (χ2n) is 7.64. The smallest absolute Gasteiger partial charge is 0.239 e. The summed E-state index contributed by atoms with van der Waals surface area (Å²) in [6.07, 6.45) is 2.12. The first-order valence-electron chi connectivity index (χ1n) is 10.9. The molecule has 2 rings (SSSR count). The van der Waals surface area contributed by atoms with Gasteiger partial charge in [0.25, 0.3) is 0 Å². The van der Waals surface area contributed by atoms with Crippen LogP contribution in [0.5, 0.6) is 0 Å².